The van der Waals surface area contributed by atoms with Gasteiger partial charge in [-0.05, 0) is 50.7 Å². The van der Waals surface area contributed by atoms with Crippen LogP contribution in [0.3, 0.4) is 0 Å². The van der Waals surface area contributed by atoms with E-state index in [1.807, 2.05) is 0 Å². The van der Waals surface area contributed by atoms with Crippen molar-refractivity contribution in [3.63, 3.8) is 0 Å². The van der Waals surface area contributed by atoms with E-state index in [-0.39, 0.29) is 0 Å². The third kappa shape index (κ3) is 5.39. The Morgan fingerprint density at radius 1 is 0.650 bits per heavy atom. The van der Waals surface area contributed by atoms with E-state index in [1.165, 1.54) is 110 Å². The monoisotopic (exact) mass is 279 g/mol. The quantitative estimate of drug-likeness (QED) is 0.433. The summed E-state index contributed by atoms with van der Waals surface area (Å²) < 4.78 is 0. The molecule has 1 heteroatoms. The van der Waals surface area contributed by atoms with Crippen LogP contribution in [0, 0.1) is 5.41 Å². The lowest BCUT2D eigenvalue weighted by molar-refractivity contribution is 0.0180. The maximum absolute atomic E-state index is 2.67. The zero-order valence-corrected chi connectivity index (χ0v) is 14.0. The minimum atomic E-state index is 0.787. The third-order valence-electron chi connectivity index (χ3n) is 5.94. The zero-order valence-electron chi connectivity index (χ0n) is 14.0. The van der Waals surface area contributed by atoms with Gasteiger partial charge in [0.15, 0.2) is 0 Å². The second kappa shape index (κ2) is 9.07. The van der Waals surface area contributed by atoms with Gasteiger partial charge in [0.25, 0.3) is 0 Å². The second-order valence-corrected chi connectivity index (χ2v) is 7.52. The number of piperidine rings is 3. The Morgan fingerprint density at radius 2 is 1.10 bits per heavy atom. The maximum Gasteiger partial charge on any atom is -0.00134 e. The van der Waals surface area contributed by atoms with Gasteiger partial charge in [0.1, 0.15) is 0 Å². The number of fused-ring (bicyclic) bond motifs is 3. The minimum Gasteiger partial charge on any atom is -0.303 e. The van der Waals surface area contributed by atoms with E-state index in [1.54, 1.807) is 0 Å². The van der Waals surface area contributed by atoms with Crippen molar-refractivity contribution in [2.75, 3.05) is 19.6 Å². The topological polar surface area (TPSA) is 3.24 Å². The highest BCUT2D eigenvalue weighted by molar-refractivity contribution is 4.91. The van der Waals surface area contributed by atoms with Crippen LogP contribution in [0.15, 0.2) is 0 Å². The van der Waals surface area contributed by atoms with E-state index in [0.29, 0.717) is 0 Å². The van der Waals surface area contributed by atoms with Gasteiger partial charge in [-0.15, -0.1) is 0 Å². The zero-order chi connectivity index (χ0) is 14.1. The first-order valence-electron chi connectivity index (χ1n) is 9.57. The van der Waals surface area contributed by atoms with Crippen LogP contribution < -0.4 is 0 Å². The molecule has 3 aliphatic rings. The molecule has 0 aliphatic carbocycles. The number of hydrogen-bond donors (Lipinski definition) is 0. The van der Waals surface area contributed by atoms with Crippen LogP contribution >= 0.6 is 0 Å². The Labute approximate surface area is 127 Å². The Bertz CT molecular complexity index is 226. The summed E-state index contributed by atoms with van der Waals surface area (Å²) in [6.07, 6.45) is 20.8. The summed E-state index contributed by atoms with van der Waals surface area (Å²) in [5.74, 6) is 0. The maximum atomic E-state index is 2.67. The second-order valence-electron chi connectivity index (χ2n) is 7.52. The van der Waals surface area contributed by atoms with Crippen LogP contribution in [0.4, 0.5) is 0 Å². The van der Waals surface area contributed by atoms with Gasteiger partial charge in [-0.3, -0.25) is 0 Å². The molecule has 3 aliphatic heterocycles. The lowest BCUT2D eigenvalue weighted by Crippen LogP contribution is -2.48. The smallest absolute Gasteiger partial charge is 0.00134 e. The first-order chi connectivity index (χ1) is 9.85. The predicted octanol–water partition coefficient (Wildman–Crippen LogP) is 5.78. The highest BCUT2D eigenvalue weighted by atomic mass is 15.1. The highest BCUT2D eigenvalue weighted by Gasteiger charge is 2.38. The molecule has 3 saturated heterocycles. The normalized spacial score (nSPS) is 28.9. The third-order valence-corrected chi connectivity index (χ3v) is 5.94. The molecule has 0 aromatic carbocycles. The molecule has 0 aromatic rings. The molecule has 118 valence electrons. The minimum absolute atomic E-state index is 0.787. The van der Waals surface area contributed by atoms with Gasteiger partial charge in [0, 0.05) is 0 Å². The molecular formula is C19H37N. The van der Waals surface area contributed by atoms with Crippen molar-refractivity contribution < 1.29 is 0 Å². The van der Waals surface area contributed by atoms with Crippen LogP contribution in [0.25, 0.3) is 0 Å². The fraction of sp³-hybridized carbons (Fsp3) is 1.00. The average molecular weight is 280 g/mol. The van der Waals surface area contributed by atoms with Crippen LogP contribution in [-0.4, -0.2) is 24.5 Å². The lowest BCUT2D eigenvalue weighted by atomic mass is 9.69. The van der Waals surface area contributed by atoms with E-state index >= 15 is 0 Å². The Hall–Kier alpha value is -0.0400. The molecule has 1 nitrogen and oxygen atoms in total. The molecule has 0 saturated carbocycles. The van der Waals surface area contributed by atoms with Crippen molar-refractivity contribution in [2.45, 2.75) is 96.8 Å². The van der Waals surface area contributed by atoms with Crippen molar-refractivity contribution in [3.8, 4) is 0 Å². The van der Waals surface area contributed by atoms with Crippen LogP contribution in [0.2, 0.25) is 0 Å². The molecule has 0 aromatic heterocycles. The molecule has 3 heterocycles. The molecule has 0 atom stereocenters. The predicted molar refractivity (Wildman–Crippen MR) is 89.2 cm³/mol. The Balaban J connectivity index is 1.40. The number of unbranched alkanes of at least 4 members (excludes halogenated alkanes) is 9. The van der Waals surface area contributed by atoms with Crippen molar-refractivity contribution in [1.82, 2.24) is 4.90 Å². The number of rotatable bonds is 11. The molecule has 20 heavy (non-hydrogen) atoms. The van der Waals surface area contributed by atoms with Gasteiger partial charge in [0.2, 0.25) is 0 Å². The molecule has 0 unspecified atom stereocenters. The van der Waals surface area contributed by atoms with Crippen molar-refractivity contribution >= 4 is 0 Å². The fourth-order valence-electron chi connectivity index (χ4n) is 4.26. The molecule has 0 spiro atoms. The summed E-state index contributed by atoms with van der Waals surface area (Å²) in [5.41, 5.74) is 0.787. The van der Waals surface area contributed by atoms with E-state index in [4.69, 9.17) is 0 Å². The van der Waals surface area contributed by atoms with Crippen molar-refractivity contribution in [1.29, 1.82) is 0 Å². The van der Waals surface area contributed by atoms with Gasteiger partial charge < -0.3 is 4.90 Å². The van der Waals surface area contributed by atoms with Crippen LogP contribution in [-0.2, 0) is 0 Å². The van der Waals surface area contributed by atoms with Crippen LogP contribution in [0.1, 0.15) is 96.8 Å². The molecule has 0 amide bonds. The summed E-state index contributed by atoms with van der Waals surface area (Å²) in [5, 5.41) is 0. The summed E-state index contributed by atoms with van der Waals surface area (Å²) in [6.45, 7) is 6.50. The molecule has 0 radical (unpaired) electrons. The van der Waals surface area contributed by atoms with Crippen molar-refractivity contribution in [3.05, 3.63) is 0 Å². The standard InChI is InChI=1S/C19H37N/c1-2-3-4-5-6-7-8-9-10-11-12-19-13-16-20(17-14-19)18-15-19/h2-18H2,1H3. The highest BCUT2D eigenvalue weighted by Crippen LogP contribution is 2.43. The van der Waals surface area contributed by atoms with Gasteiger partial charge in [-0.1, -0.05) is 71.1 Å². The Morgan fingerprint density at radius 3 is 1.60 bits per heavy atom. The van der Waals surface area contributed by atoms with Gasteiger partial charge in [0.05, 0.1) is 0 Å². The Kier molecular flexibility index (Phi) is 7.41. The van der Waals surface area contributed by atoms with E-state index < -0.39 is 0 Å². The molecule has 2 bridgehead atoms. The molecule has 3 fully saturated rings. The largest absolute Gasteiger partial charge is 0.303 e. The molecule has 0 N–H and O–H groups in total. The van der Waals surface area contributed by atoms with Gasteiger partial charge in [-0.25, -0.2) is 0 Å². The van der Waals surface area contributed by atoms with Crippen molar-refractivity contribution in [2.24, 2.45) is 5.41 Å². The summed E-state index contributed by atoms with van der Waals surface area (Å²) in [6, 6.07) is 0. The summed E-state index contributed by atoms with van der Waals surface area (Å²) >= 11 is 0. The van der Waals surface area contributed by atoms with E-state index in [0.717, 1.165) is 5.41 Å². The average Bonchev–Trinajstić information content (AvgIpc) is 2.51. The fourth-order valence-corrected chi connectivity index (χ4v) is 4.26. The van der Waals surface area contributed by atoms with Crippen LogP contribution in [0.5, 0.6) is 0 Å². The molecule has 3 rings (SSSR count). The number of nitrogens with zero attached hydrogens (tertiary/aromatic N) is 1. The first-order valence-corrected chi connectivity index (χ1v) is 9.57. The molecular weight excluding hydrogens is 242 g/mol. The first kappa shape index (κ1) is 16.3. The van der Waals surface area contributed by atoms with E-state index in [9.17, 15) is 0 Å². The summed E-state index contributed by atoms with van der Waals surface area (Å²) in [7, 11) is 0. The summed E-state index contributed by atoms with van der Waals surface area (Å²) in [4.78, 5) is 2.67. The van der Waals surface area contributed by atoms with Gasteiger partial charge >= 0.3 is 0 Å². The number of hydrogen-bond acceptors (Lipinski definition) is 1. The SMILES string of the molecule is CCCCCCCCCCCCC12CCN(CC1)CC2. The van der Waals surface area contributed by atoms with Gasteiger partial charge in [-0.2, -0.15) is 0 Å². The lowest BCUT2D eigenvalue weighted by Gasteiger charge is -2.48. The van der Waals surface area contributed by atoms with E-state index in [2.05, 4.69) is 11.8 Å².